The summed E-state index contributed by atoms with van der Waals surface area (Å²) in [7, 11) is -4.05. The molecule has 1 atom stereocenters. The van der Waals surface area contributed by atoms with E-state index in [0.717, 1.165) is 11.1 Å². The lowest BCUT2D eigenvalue weighted by molar-refractivity contribution is -0.139. The summed E-state index contributed by atoms with van der Waals surface area (Å²) >= 11 is 0. The summed E-state index contributed by atoms with van der Waals surface area (Å²) in [5.41, 5.74) is 2.19. The summed E-state index contributed by atoms with van der Waals surface area (Å²) in [5.74, 6) is -0.842. The molecule has 0 aliphatic carbocycles. The van der Waals surface area contributed by atoms with Crippen molar-refractivity contribution in [2.24, 2.45) is 0 Å². The molecule has 2 aromatic rings. The van der Waals surface area contributed by atoms with E-state index in [1.165, 1.54) is 12.1 Å². The number of hydrogen-bond acceptors (Lipinski definition) is 6. The molecule has 0 saturated heterocycles. The molecule has 124 valence electrons. The first-order chi connectivity index (χ1) is 10.8. The monoisotopic (exact) mass is 340 g/mol. The van der Waals surface area contributed by atoms with Crippen LogP contribution in [0.2, 0.25) is 0 Å². The zero-order chi connectivity index (χ0) is 17.2. The van der Waals surface area contributed by atoms with Gasteiger partial charge in [-0.3, -0.25) is 4.79 Å². The third-order valence-electron chi connectivity index (χ3n) is 3.26. The maximum Gasteiger partial charge on any atom is 0.324 e. The lowest BCUT2D eigenvalue weighted by Gasteiger charge is -2.12. The largest absolute Gasteiger partial charge is 0.480 e. The van der Waals surface area contributed by atoms with Crippen molar-refractivity contribution in [2.45, 2.75) is 24.8 Å². The number of nitrogens with zero attached hydrogens (tertiary/aromatic N) is 1. The van der Waals surface area contributed by atoms with E-state index in [1.807, 2.05) is 4.72 Å². The third kappa shape index (κ3) is 3.58. The van der Waals surface area contributed by atoms with Gasteiger partial charge in [0.1, 0.15) is 11.8 Å². The number of hydrogen-bond donors (Lipinski definition) is 3. The van der Waals surface area contributed by atoms with Crippen molar-refractivity contribution in [3.8, 4) is 11.1 Å². The van der Waals surface area contributed by atoms with E-state index >= 15 is 0 Å². The number of carbonyl (C=O) groups is 1. The van der Waals surface area contributed by atoms with Crippen molar-refractivity contribution >= 4 is 16.0 Å². The van der Waals surface area contributed by atoms with Crippen molar-refractivity contribution in [3.63, 3.8) is 0 Å². The molecule has 2 rings (SSSR count). The number of carboxylic acid groups (broad SMARTS) is 1. The van der Waals surface area contributed by atoms with Gasteiger partial charge in [-0.25, -0.2) is 8.42 Å². The van der Waals surface area contributed by atoms with Gasteiger partial charge in [0, 0.05) is 5.56 Å². The lowest BCUT2D eigenvalue weighted by atomic mass is 10.0. The van der Waals surface area contributed by atoms with Gasteiger partial charge in [0.25, 0.3) is 0 Å². The minimum atomic E-state index is -4.05. The molecule has 23 heavy (non-hydrogen) atoms. The van der Waals surface area contributed by atoms with Gasteiger partial charge in [-0.2, -0.15) is 4.72 Å². The first-order valence-electron chi connectivity index (χ1n) is 6.65. The van der Waals surface area contributed by atoms with Crippen LogP contribution in [0.1, 0.15) is 11.5 Å². The number of aryl methyl sites for hydroxylation is 2. The molecule has 0 aliphatic rings. The predicted molar refractivity (Wildman–Crippen MR) is 80.2 cm³/mol. The van der Waals surface area contributed by atoms with Crippen LogP contribution in [0.4, 0.5) is 0 Å². The average molecular weight is 340 g/mol. The van der Waals surface area contributed by atoms with Crippen molar-refractivity contribution in [2.75, 3.05) is 6.61 Å². The minimum absolute atomic E-state index is 0.104. The summed E-state index contributed by atoms with van der Waals surface area (Å²) in [6.07, 6.45) is 0. The molecule has 8 nitrogen and oxygen atoms in total. The number of aromatic nitrogens is 1. The van der Waals surface area contributed by atoms with Crippen LogP contribution in [0.15, 0.2) is 33.7 Å². The van der Waals surface area contributed by atoms with Gasteiger partial charge >= 0.3 is 5.97 Å². The molecule has 0 aliphatic heterocycles. The lowest BCUT2D eigenvalue weighted by Crippen LogP contribution is -2.43. The standard InChI is InChI=1S/C14H16N2O6S/c1-8-13(9(2)22-15-8)10-3-5-11(6-4-10)23(20,21)16-12(7-17)14(18)19/h3-6,12,16-17H,7H2,1-2H3,(H,18,19). The van der Waals surface area contributed by atoms with E-state index in [4.69, 9.17) is 14.7 Å². The number of aliphatic carboxylic acids is 1. The molecule has 0 fully saturated rings. The zero-order valence-corrected chi connectivity index (χ0v) is 13.3. The second-order valence-corrected chi connectivity index (χ2v) is 6.63. The van der Waals surface area contributed by atoms with Crippen LogP contribution in [0.5, 0.6) is 0 Å². The predicted octanol–water partition coefficient (Wildman–Crippen LogP) is 0.682. The first kappa shape index (κ1) is 17.1. The molecule has 0 amide bonds. The van der Waals surface area contributed by atoms with Crippen molar-refractivity contribution in [1.82, 2.24) is 9.88 Å². The van der Waals surface area contributed by atoms with Crippen molar-refractivity contribution in [1.29, 1.82) is 0 Å². The maximum atomic E-state index is 12.1. The Kier molecular flexibility index (Phi) is 4.83. The third-order valence-corrected chi connectivity index (χ3v) is 4.75. The second kappa shape index (κ2) is 6.49. The van der Waals surface area contributed by atoms with Crippen LogP contribution in [0.25, 0.3) is 11.1 Å². The first-order valence-corrected chi connectivity index (χ1v) is 8.14. The van der Waals surface area contributed by atoms with E-state index in [9.17, 15) is 13.2 Å². The normalized spacial score (nSPS) is 13.0. The molecule has 1 heterocycles. The van der Waals surface area contributed by atoms with E-state index in [-0.39, 0.29) is 4.90 Å². The van der Waals surface area contributed by atoms with Crippen LogP contribution in [-0.4, -0.2) is 42.4 Å². The SMILES string of the molecule is Cc1noc(C)c1-c1ccc(S(=O)(=O)NC(CO)C(=O)O)cc1. The van der Waals surface area contributed by atoms with Crippen LogP contribution < -0.4 is 4.72 Å². The number of aliphatic hydroxyl groups excluding tert-OH is 1. The fourth-order valence-corrected chi connectivity index (χ4v) is 3.30. The molecule has 3 N–H and O–H groups in total. The molecule has 0 bridgehead atoms. The van der Waals surface area contributed by atoms with E-state index < -0.39 is 28.6 Å². The summed E-state index contributed by atoms with van der Waals surface area (Å²) in [5, 5.41) is 21.6. The summed E-state index contributed by atoms with van der Waals surface area (Å²) in [6, 6.07) is 4.26. The Bertz CT molecular complexity index is 791. The summed E-state index contributed by atoms with van der Waals surface area (Å²) in [4.78, 5) is 10.7. The summed E-state index contributed by atoms with van der Waals surface area (Å²) in [6.45, 7) is 2.68. The van der Waals surface area contributed by atoms with Crippen LogP contribution in [-0.2, 0) is 14.8 Å². The molecular weight excluding hydrogens is 324 g/mol. The van der Waals surface area contributed by atoms with Crippen LogP contribution >= 0.6 is 0 Å². The highest BCUT2D eigenvalue weighted by molar-refractivity contribution is 7.89. The number of aliphatic hydroxyl groups is 1. The Morgan fingerprint density at radius 2 is 1.91 bits per heavy atom. The van der Waals surface area contributed by atoms with E-state index in [2.05, 4.69) is 5.16 Å². The molecule has 9 heteroatoms. The molecular formula is C14H16N2O6S. The van der Waals surface area contributed by atoms with Gasteiger partial charge in [-0.05, 0) is 31.5 Å². The number of nitrogens with one attached hydrogen (secondary N) is 1. The number of rotatable bonds is 6. The Balaban J connectivity index is 2.30. The molecule has 1 aromatic carbocycles. The Hall–Kier alpha value is -2.23. The maximum absolute atomic E-state index is 12.1. The van der Waals surface area contributed by atoms with E-state index in [0.29, 0.717) is 11.5 Å². The zero-order valence-electron chi connectivity index (χ0n) is 12.5. The van der Waals surface area contributed by atoms with Gasteiger partial charge < -0.3 is 14.7 Å². The van der Waals surface area contributed by atoms with Gasteiger partial charge in [0.05, 0.1) is 17.2 Å². The Morgan fingerprint density at radius 3 is 2.35 bits per heavy atom. The molecule has 1 unspecified atom stereocenters. The minimum Gasteiger partial charge on any atom is -0.480 e. The van der Waals surface area contributed by atoms with Gasteiger partial charge in [-0.15, -0.1) is 0 Å². The van der Waals surface area contributed by atoms with Gasteiger partial charge in [0.15, 0.2) is 0 Å². The quantitative estimate of drug-likeness (QED) is 0.705. The summed E-state index contributed by atoms with van der Waals surface area (Å²) < 4.78 is 31.2. The number of sulfonamides is 1. The van der Waals surface area contributed by atoms with E-state index in [1.54, 1.807) is 26.0 Å². The fraction of sp³-hybridized carbons (Fsp3) is 0.286. The average Bonchev–Trinajstić information content (AvgIpc) is 2.84. The Morgan fingerprint density at radius 1 is 1.30 bits per heavy atom. The number of carboxylic acids is 1. The molecule has 0 saturated carbocycles. The Labute approximate surface area is 132 Å². The fourth-order valence-electron chi connectivity index (χ4n) is 2.12. The smallest absolute Gasteiger partial charge is 0.324 e. The van der Waals surface area contributed by atoms with Gasteiger partial charge in [-0.1, -0.05) is 17.3 Å². The molecule has 0 radical (unpaired) electrons. The van der Waals surface area contributed by atoms with Crippen molar-refractivity contribution in [3.05, 3.63) is 35.7 Å². The highest BCUT2D eigenvalue weighted by Crippen LogP contribution is 2.27. The highest BCUT2D eigenvalue weighted by Gasteiger charge is 2.24. The topological polar surface area (TPSA) is 130 Å². The van der Waals surface area contributed by atoms with Crippen LogP contribution in [0.3, 0.4) is 0 Å². The van der Waals surface area contributed by atoms with Gasteiger partial charge in [0.2, 0.25) is 10.0 Å². The number of benzene rings is 1. The van der Waals surface area contributed by atoms with Crippen molar-refractivity contribution < 1.29 is 27.9 Å². The van der Waals surface area contributed by atoms with Crippen LogP contribution in [0, 0.1) is 13.8 Å². The second-order valence-electron chi connectivity index (χ2n) is 4.92. The highest BCUT2D eigenvalue weighted by atomic mass is 32.2. The molecule has 0 spiro atoms. The molecule has 1 aromatic heterocycles.